The summed E-state index contributed by atoms with van der Waals surface area (Å²) in [5.41, 5.74) is 1.92. The van der Waals surface area contributed by atoms with E-state index in [1.165, 1.54) is 24.3 Å². The van der Waals surface area contributed by atoms with Crippen LogP contribution in [0.1, 0.15) is 5.56 Å². The minimum Gasteiger partial charge on any atom is -0.483 e. The van der Waals surface area contributed by atoms with E-state index in [0.29, 0.717) is 48.2 Å². The predicted octanol–water partition coefficient (Wildman–Crippen LogP) is 4.32. The molecule has 184 valence electrons. The van der Waals surface area contributed by atoms with Crippen LogP contribution < -0.4 is 14.4 Å². The van der Waals surface area contributed by atoms with Crippen LogP contribution in [0.15, 0.2) is 71.6 Å². The summed E-state index contributed by atoms with van der Waals surface area (Å²) in [5, 5.41) is 0.509. The molecule has 1 aliphatic heterocycles. The van der Waals surface area contributed by atoms with Crippen LogP contribution in [-0.2, 0) is 14.8 Å². The lowest BCUT2D eigenvalue weighted by Crippen LogP contribution is -2.50. The van der Waals surface area contributed by atoms with E-state index >= 15 is 0 Å². The number of piperazine rings is 1. The number of nitrogens with one attached hydrogen (secondary N) is 1. The number of nitrogens with zero attached hydrogens (tertiary/aromatic N) is 2. The van der Waals surface area contributed by atoms with Crippen molar-refractivity contribution in [2.24, 2.45) is 0 Å². The number of carbonyl (C=O) groups is 1. The quantitative estimate of drug-likeness (QED) is 0.505. The second-order valence-corrected chi connectivity index (χ2v) is 10.3. The summed E-state index contributed by atoms with van der Waals surface area (Å²) in [4.78, 5) is 16.6. The number of amides is 1. The first-order valence-corrected chi connectivity index (χ1v) is 12.9. The van der Waals surface area contributed by atoms with Crippen molar-refractivity contribution in [2.75, 3.05) is 42.4 Å². The van der Waals surface area contributed by atoms with E-state index in [1.807, 2.05) is 0 Å². The van der Waals surface area contributed by atoms with E-state index < -0.39 is 10.0 Å². The molecule has 1 N–H and O–H groups in total. The van der Waals surface area contributed by atoms with Crippen LogP contribution in [0.25, 0.3) is 0 Å². The fourth-order valence-electron chi connectivity index (χ4n) is 3.78. The maximum absolute atomic E-state index is 13.1. The number of anilines is 2. The van der Waals surface area contributed by atoms with Gasteiger partial charge in [0.15, 0.2) is 6.61 Å². The number of sulfonamides is 1. The van der Waals surface area contributed by atoms with Crippen LogP contribution >= 0.6 is 11.6 Å². The summed E-state index contributed by atoms with van der Waals surface area (Å²) in [7, 11) is -3.79. The maximum atomic E-state index is 13.1. The average Bonchev–Trinajstić information content (AvgIpc) is 2.85. The molecule has 0 atom stereocenters. The van der Waals surface area contributed by atoms with E-state index in [2.05, 4.69) is 9.62 Å². The molecule has 1 fully saturated rings. The topological polar surface area (TPSA) is 78.9 Å². The van der Waals surface area contributed by atoms with Crippen LogP contribution in [0, 0.1) is 12.7 Å². The zero-order valence-corrected chi connectivity index (χ0v) is 20.7. The number of carbonyl (C=O) groups excluding carboxylic acids is 1. The van der Waals surface area contributed by atoms with Gasteiger partial charge >= 0.3 is 0 Å². The van der Waals surface area contributed by atoms with Crippen molar-refractivity contribution in [1.29, 1.82) is 0 Å². The van der Waals surface area contributed by atoms with E-state index in [4.69, 9.17) is 16.3 Å². The normalized spacial score (nSPS) is 14.0. The fraction of sp³-hybridized carbons (Fsp3) is 0.240. The molecular weight excluding hydrogens is 493 g/mol. The molecule has 1 aliphatic rings. The molecule has 7 nitrogen and oxygen atoms in total. The lowest BCUT2D eigenvalue weighted by molar-refractivity contribution is -0.133. The summed E-state index contributed by atoms with van der Waals surface area (Å²) < 4.78 is 46.7. The van der Waals surface area contributed by atoms with Crippen LogP contribution in [0.2, 0.25) is 5.02 Å². The molecule has 1 saturated heterocycles. The van der Waals surface area contributed by atoms with E-state index in [0.717, 1.165) is 5.69 Å². The van der Waals surface area contributed by atoms with Crippen molar-refractivity contribution in [1.82, 2.24) is 4.90 Å². The Morgan fingerprint density at radius 1 is 1.00 bits per heavy atom. The Kier molecular flexibility index (Phi) is 7.47. The van der Waals surface area contributed by atoms with Gasteiger partial charge < -0.3 is 14.5 Å². The lowest BCUT2D eigenvalue weighted by atomic mass is 10.2. The predicted molar refractivity (Wildman–Crippen MR) is 134 cm³/mol. The van der Waals surface area contributed by atoms with E-state index in [1.54, 1.807) is 54.3 Å². The Labute approximate surface area is 209 Å². The molecule has 3 aromatic carbocycles. The van der Waals surface area contributed by atoms with Crippen molar-refractivity contribution in [3.63, 3.8) is 0 Å². The van der Waals surface area contributed by atoms with Gasteiger partial charge in [-0.1, -0.05) is 11.6 Å². The number of benzene rings is 3. The van der Waals surface area contributed by atoms with Crippen molar-refractivity contribution in [3.05, 3.63) is 83.1 Å². The first-order valence-electron chi connectivity index (χ1n) is 11.0. The highest BCUT2D eigenvalue weighted by Gasteiger charge is 2.22. The van der Waals surface area contributed by atoms with Crippen LogP contribution in [-0.4, -0.2) is 52.0 Å². The Morgan fingerprint density at radius 3 is 2.29 bits per heavy atom. The summed E-state index contributed by atoms with van der Waals surface area (Å²) in [5.74, 6) is 0.0106. The van der Waals surface area contributed by atoms with Gasteiger partial charge in [-0.3, -0.25) is 9.52 Å². The molecule has 0 unspecified atom stereocenters. The summed E-state index contributed by atoms with van der Waals surface area (Å²) in [6.07, 6.45) is 0. The third kappa shape index (κ3) is 6.23. The largest absolute Gasteiger partial charge is 0.483 e. The van der Waals surface area contributed by atoms with E-state index in [9.17, 15) is 17.6 Å². The molecule has 1 heterocycles. The fourth-order valence-corrected chi connectivity index (χ4v) is 5.05. The van der Waals surface area contributed by atoms with Gasteiger partial charge in [0.25, 0.3) is 15.9 Å². The van der Waals surface area contributed by atoms with Gasteiger partial charge in [0.05, 0.1) is 4.90 Å². The van der Waals surface area contributed by atoms with Crippen LogP contribution in [0.3, 0.4) is 0 Å². The molecule has 0 saturated carbocycles. The summed E-state index contributed by atoms with van der Waals surface area (Å²) >= 11 is 5.84. The minimum absolute atomic E-state index is 0.0838. The molecular formula is C25H25ClFN3O4S. The SMILES string of the molecule is Cc1cc(S(=O)(=O)Nc2ccc(Cl)cc2)ccc1OCC(=O)N1CCN(c2ccc(F)cc2)CC1. The monoisotopic (exact) mass is 517 g/mol. The molecule has 3 aromatic rings. The van der Waals surface area contributed by atoms with Gasteiger partial charge in [-0.05, 0) is 79.2 Å². The molecule has 0 radical (unpaired) electrons. The lowest BCUT2D eigenvalue weighted by Gasteiger charge is -2.36. The smallest absolute Gasteiger partial charge is 0.261 e. The van der Waals surface area contributed by atoms with Gasteiger partial charge in [0, 0.05) is 42.6 Å². The third-order valence-electron chi connectivity index (χ3n) is 5.73. The Balaban J connectivity index is 1.31. The molecule has 0 aliphatic carbocycles. The van der Waals surface area contributed by atoms with Gasteiger partial charge in [0.1, 0.15) is 11.6 Å². The Hall–Kier alpha value is -3.30. The van der Waals surface area contributed by atoms with E-state index in [-0.39, 0.29) is 23.2 Å². The number of hydrogen-bond donors (Lipinski definition) is 1. The first kappa shape index (κ1) is 24.8. The Morgan fingerprint density at radius 2 is 1.66 bits per heavy atom. The number of rotatable bonds is 7. The van der Waals surface area contributed by atoms with Crippen molar-refractivity contribution >= 4 is 38.9 Å². The molecule has 0 aromatic heterocycles. The van der Waals surface area contributed by atoms with Gasteiger partial charge in [-0.15, -0.1) is 0 Å². The minimum atomic E-state index is -3.79. The highest BCUT2D eigenvalue weighted by molar-refractivity contribution is 7.92. The second kappa shape index (κ2) is 10.5. The summed E-state index contributed by atoms with van der Waals surface area (Å²) in [6.45, 7) is 3.93. The first-order chi connectivity index (χ1) is 16.7. The number of halogens is 2. The second-order valence-electron chi connectivity index (χ2n) is 8.17. The van der Waals surface area contributed by atoms with Crippen LogP contribution in [0.5, 0.6) is 5.75 Å². The zero-order valence-electron chi connectivity index (χ0n) is 19.1. The summed E-state index contributed by atoms with van der Waals surface area (Å²) in [6, 6.07) is 17.1. The number of hydrogen-bond acceptors (Lipinski definition) is 5. The zero-order chi connectivity index (χ0) is 25.0. The molecule has 0 spiro atoms. The molecule has 35 heavy (non-hydrogen) atoms. The highest BCUT2D eigenvalue weighted by Crippen LogP contribution is 2.24. The number of aryl methyl sites for hydroxylation is 1. The third-order valence-corrected chi connectivity index (χ3v) is 7.36. The van der Waals surface area contributed by atoms with Gasteiger partial charge in [-0.2, -0.15) is 0 Å². The molecule has 1 amide bonds. The van der Waals surface area contributed by atoms with Gasteiger partial charge in [0.2, 0.25) is 0 Å². The maximum Gasteiger partial charge on any atom is 0.261 e. The molecule has 0 bridgehead atoms. The highest BCUT2D eigenvalue weighted by atomic mass is 35.5. The van der Waals surface area contributed by atoms with Crippen molar-refractivity contribution < 1.29 is 22.3 Å². The van der Waals surface area contributed by atoms with Gasteiger partial charge in [-0.25, -0.2) is 12.8 Å². The Bertz CT molecular complexity index is 1290. The van der Waals surface area contributed by atoms with Crippen LogP contribution in [0.4, 0.5) is 15.8 Å². The number of ether oxygens (including phenoxy) is 1. The van der Waals surface area contributed by atoms with Crippen molar-refractivity contribution in [2.45, 2.75) is 11.8 Å². The average molecular weight is 518 g/mol. The molecule has 10 heteroatoms. The van der Waals surface area contributed by atoms with Crippen molar-refractivity contribution in [3.8, 4) is 5.75 Å². The molecule has 4 rings (SSSR count). The standard InChI is InChI=1S/C25H25ClFN3O4S/c1-18-16-23(35(32,33)28-21-6-2-19(26)3-7-21)10-11-24(18)34-17-25(31)30-14-12-29(13-15-30)22-8-4-20(27)5-9-22/h2-11,16,28H,12-15,17H2,1H3.